The van der Waals surface area contributed by atoms with Gasteiger partial charge < -0.3 is 10.2 Å². The third kappa shape index (κ3) is 7.23. The molecule has 1 atom stereocenters. The fourth-order valence-electron chi connectivity index (χ4n) is 4.53. The Morgan fingerprint density at radius 1 is 1.08 bits per heavy atom. The molecule has 2 amide bonds. The lowest BCUT2D eigenvalue weighted by Gasteiger charge is -2.33. The van der Waals surface area contributed by atoms with Crippen LogP contribution in [0.15, 0.2) is 42.5 Å². The van der Waals surface area contributed by atoms with Crippen molar-refractivity contribution in [1.82, 2.24) is 10.2 Å². The highest BCUT2D eigenvalue weighted by molar-refractivity contribution is 7.92. The molecule has 1 N–H and O–H groups in total. The maximum atomic E-state index is 13.7. The molecule has 0 aliphatic heterocycles. The molecule has 0 unspecified atom stereocenters. The summed E-state index contributed by atoms with van der Waals surface area (Å²) in [4.78, 5) is 28.5. The van der Waals surface area contributed by atoms with Gasteiger partial charge in [-0.15, -0.1) is 0 Å². The van der Waals surface area contributed by atoms with Gasteiger partial charge in [-0.2, -0.15) is 0 Å². The molecule has 2 aromatic rings. The highest BCUT2D eigenvalue weighted by Gasteiger charge is 2.33. The molecule has 1 aliphatic rings. The van der Waals surface area contributed by atoms with Crippen molar-refractivity contribution < 1.29 is 18.0 Å². The molecule has 1 saturated carbocycles. The monoisotopic (exact) mass is 533 g/mol. The Morgan fingerprint density at radius 3 is 2.28 bits per heavy atom. The van der Waals surface area contributed by atoms with Crippen LogP contribution in [0.2, 0.25) is 5.02 Å². The Kier molecular flexibility index (Phi) is 9.41. The summed E-state index contributed by atoms with van der Waals surface area (Å²) >= 11 is 6.25. The van der Waals surface area contributed by atoms with E-state index in [1.54, 1.807) is 18.2 Å². The number of nitrogens with one attached hydrogen (secondary N) is 1. The molecule has 0 bridgehead atoms. The summed E-state index contributed by atoms with van der Waals surface area (Å²) in [5.74, 6) is -0.653. The van der Waals surface area contributed by atoms with Crippen LogP contribution in [0.25, 0.3) is 0 Å². The van der Waals surface area contributed by atoms with Crippen LogP contribution < -0.4 is 9.62 Å². The summed E-state index contributed by atoms with van der Waals surface area (Å²) in [6, 6.07) is 12.0. The molecule has 0 spiro atoms. The molecule has 0 heterocycles. The van der Waals surface area contributed by atoms with Crippen LogP contribution >= 0.6 is 11.6 Å². The van der Waals surface area contributed by atoms with E-state index in [1.807, 2.05) is 45.0 Å². The van der Waals surface area contributed by atoms with Crippen LogP contribution in [0.5, 0.6) is 0 Å². The van der Waals surface area contributed by atoms with Crippen molar-refractivity contribution in [3.8, 4) is 0 Å². The molecular weight excluding hydrogens is 498 g/mol. The van der Waals surface area contributed by atoms with Gasteiger partial charge in [-0.25, -0.2) is 8.42 Å². The standard InChI is InChI=1S/C27H36ClN3O4S/c1-5-25(27(33)29-22-8-6-7-9-22)30(17-21-13-10-19(2)11-14-21)26(32)18-31(36(4,34)35)23-15-12-20(3)24(28)16-23/h10-16,22,25H,5-9,17-18H2,1-4H3,(H,29,33)/t25-/m1/s1. The number of sulfonamides is 1. The van der Waals surface area contributed by atoms with Crippen LogP contribution in [0.3, 0.4) is 0 Å². The molecule has 0 radical (unpaired) electrons. The quantitative estimate of drug-likeness (QED) is 0.484. The van der Waals surface area contributed by atoms with Gasteiger partial charge in [0, 0.05) is 17.6 Å². The molecule has 1 fully saturated rings. The number of carbonyl (C=O) groups is 2. The van der Waals surface area contributed by atoms with E-state index in [4.69, 9.17) is 11.6 Å². The van der Waals surface area contributed by atoms with Crippen LogP contribution in [0.4, 0.5) is 5.69 Å². The first-order valence-electron chi connectivity index (χ1n) is 12.4. The number of halogens is 1. The number of aryl methyl sites for hydroxylation is 2. The molecule has 36 heavy (non-hydrogen) atoms. The third-order valence-electron chi connectivity index (χ3n) is 6.68. The summed E-state index contributed by atoms with van der Waals surface area (Å²) in [7, 11) is -3.80. The second-order valence-electron chi connectivity index (χ2n) is 9.62. The zero-order valence-electron chi connectivity index (χ0n) is 21.5. The maximum absolute atomic E-state index is 13.7. The van der Waals surface area contributed by atoms with Gasteiger partial charge in [0.1, 0.15) is 12.6 Å². The van der Waals surface area contributed by atoms with Crippen molar-refractivity contribution >= 4 is 39.1 Å². The smallest absolute Gasteiger partial charge is 0.244 e. The molecular formula is C27H36ClN3O4S. The van der Waals surface area contributed by atoms with Gasteiger partial charge in [0.2, 0.25) is 21.8 Å². The predicted octanol–water partition coefficient (Wildman–Crippen LogP) is 4.59. The Balaban J connectivity index is 1.92. The number of hydrogen-bond acceptors (Lipinski definition) is 4. The second kappa shape index (κ2) is 12.1. The molecule has 7 nitrogen and oxygen atoms in total. The zero-order chi connectivity index (χ0) is 26.5. The van der Waals surface area contributed by atoms with E-state index in [-0.39, 0.29) is 18.5 Å². The zero-order valence-corrected chi connectivity index (χ0v) is 23.0. The van der Waals surface area contributed by atoms with Crippen LogP contribution in [0.1, 0.15) is 55.7 Å². The van der Waals surface area contributed by atoms with E-state index in [1.165, 1.54) is 4.90 Å². The first-order chi connectivity index (χ1) is 17.0. The lowest BCUT2D eigenvalue weighted by molar-refractivity contribution is -0.140. The summed E-state index contributed by atoms with van der Waals surface area (Å²) < 4.78 is 26.5. The lowest BCUT2D eigenvalue weighted by atomic mass is 10.1. The normalized spacial score (nSPS) is 14.9. The van der Waals surface area contributed by atoms with Crippen LogP contribution in [-0.4, -0.2) is 50.0 Å². The minimum absolute atomic E-state index is 0.116. The number of hydrogen-bond donors (Lipinski definition) is 1. The highest BCUT2D eigenvalue weighted by atomic mass is 35.5. The molecule has 0 aromatic heterocycles. The minimum Gasteiger partial charge on any atom is -0.352 e. The van der Waals surface area contributed by atoms with Gasteiger partial charge in [0.25, 0.3) is 0 Å². The van der Waals surface area contributed by atoms with Crippen LogP contribution in [-0.2, 0) is 26.2 Å². The summed E-state index contributed by atoms with van der Waals surface area (Å²) in [5, 5.41) is 3.52. The molecule has 0 saturated heterocycles. The van der Waals surface area contributed by atoms with Crippen molar-refractivity contribution in [2.75, 3.05) is 17.1 Å². The van der Waals surface area contributed by atoms with Crippen molar-refractivity contribution in [2.45, 2.75) is 71.5 Å². The van der Waals surface area contributed by atoms with Crippen LogP contribution in [0, 0.1) is 13.8 Å². The SMILES string of the molecule is CC[C@H](C(=O)NC1CCCC1)N(Cc1ccc(C)cc1)C(=O)CN(c1ccc(C)c(Cl)c1)S(C)(=O)=O. The fraction of sp³-hybridized carbons (Fsp3) is 0.481. The van der Waals surface area contributed by atoms with Gasteiger partial charge in [-0.3, -0.25) is 13.9 Å². The number of nitrogens with zero attached hydrogens (tertiary/aromatic N) is 2. The lowest BCUT2D eigenvalue weighted by Crippen LogP contribution is -2.53. The Bertz CT molecular complexity index is 1180. The highest BCUT2D eigenvalue weighted by Crippen LogP contribution is 2.26. The van der Waals surface area contributed by atoms with Crippen molar-refractivity contribution in [1.29, 1.82) is 0 Å². The van der Waals surface area contributed by atoms with E-state index >= 15 is 0 Å². The molecule has 1 aliphatic carbocycles. The average Bonchev–Trinajstić information content (AvgIpc) is 3.32. The van der Waals surface area contributed by atoms with Crippen molar-refractivity contribution in [3.63, 3.8) is 0 Å². The predicted molar refractivity (Wildman–Crippen MR) is 145 cm³/mol. The fourth-order valence-corrected chi connectivity index (χ4v) is 5.54. The molecule has 196 valence electrons. The number of rotatable bonds is 10. The summed E-state index contributed by atoms with van der Waals surface area (Å²) in [6.45, 7) is 5.43. The van der Waals surface area contributed by atoms with E-state index < -0.39 is 28.5 Å². The molecule has 2 aromatic carbocycles. The number of anilines is 1. The van der Waals surface area contributed by atoms with Crippen molar-refractivity contribution in [2.24, 2.45) is 0 Å². The molecule has 3 rings (SSSR count). The van der Waals surface area contributed by atoms with E-state index in [0.29, 0.717) is 17.1 Å². The minimum atomic E-state index is -3.80. The van der Waals surface area contributed by atoms with Gasteiger partial charge >= 0.3 is 0 Å². The van der Waals surface area contributed by atoms with Gasteiger partial charge in [-0.1, -0.05) is 67.3 Å². The van der Waals surface area contributed by atoms with Gasteiger partial charge in [-0.05, 0) is 56.4 Å². The first kappa shape index (κ1) is 28.0. The topological polar surface area (TPSA) is 86.8 Å². The second-order valence-corrected chi connectivity index (χ2v) is 11.9. The largest absolute Gasteiger partial charge is 0.352 e. The summed E-state index contributed by atoms with van der Waals surface area (Å²) in [6.07, 6.45) is 5.49. The Morgan fingerprint density at radius 2 is 1.72 bits per heavy atom. The van der Waals surface area contributed by atoms with Gasteiger partial charge in [0.05, 0.1) is 11.9 Å². The van der Waals surface area contributed by atoms with E-state index in [0.717, 1.165) is 52.9 Å². The van der Waals surface area contributed by atoms with E-state index in [9.17, 15) is 18.0 Å². The Hall–Kier alpha value is -2.58. The average molecular weight is 534 g/mol. The number of carbonyl (C=O) groups excluding carboxylic acids is 2. The van der Waals surface area contributed by atoms with Gasteiger partial charge in [0.15, 0.2) is 0 Å². The number of amides is 2. The van der Waals surface area contributed by atoms with E-state index in [2.05, 4.69) is 5.32 Å². The number of benzene rings is 2. The molecule has 9 heteroatoms. The van der Waals surface area contributed by atoms with Crippen molar-refractivity contribution in [3.05, 3.63) is 64.2 Å². The Labute approximate surface area is 219 Å². The maximum Gasteiger partial charge on any atom is 0.244 e. The first-order valence-corrected chi connectivity index (χ1v) is 14.6. The third-order valence-corrected chi connectivity index (χ3v) is 8.23. The summed E-state index contributed by atoms with van der Waals surface area (Å²) in [5.41, 5.74) is 3.06.